The summed E-state index contributed by atoms with van der Waals surface area (Å²) in [6.45, 7) is 8.36. The normalized spacial score (nSPS) is 17.6. The van der Waals surface area contributed by atoms with Crippen molar-refractivity contribution in [3.05, 3.63) is 59.5 Å². The Morgan fingerprint density at radius 3 is 2.52 bits per heavy atom. The van der Waals surface area contributed by atoms with E-state index in [0.29, 0.717) is 18.7 Å². The Balaban J connectivity index is 1.77. The molecule has 134 valence electrons. The van der Waals surface area contributed by atoms with Gasteiger partial charge in [-0.05, 0) is 48.1 Å². The molecule has 2 aromatic rings. The lowest BCUT2D eigenvalue weighted by atomic mass is 9.86. The highest BCUT2D eigenvalue weighted by molar-refractivity contribution is 5.94. The molecule has 0 bridgehead atoms. The molecule has 2 heterocycles. The summed E-state index contributed by atoms with van der Waals surface area (Å²) in [5.41, 5.74) is 2.01. The molecule has 1 atom stereocenters. The van der Waals surface area contributed by atoms with E-state index in [4.69, 9.17) is 9.15 Å². The number of carbonyl (C=O) groups is 1. The van der Waals surface area contributed by atoms with Gasteiger partial charge in [0.1, 0.15) is 5.76 Å². The monoisotopic (exact) mass is 341 g/mol. The van der Waals surface area contributed by atoms with Crippen LogP contribution in [0.2, 0.25) is 0 Å². The molecular weight excluding hydrogens is 314 g/mol. The van der Waals surface area contributed by atoms with E-state index in [1.165, 1.54) is 5.56 Å². The number of ether oxygens (including phenoxy) is 1. The van der Waals surface area contributed by atoms with Crippen molar-refractivity contribution in [3.8, 4) is 0 Å². The van der Waals surface area contributed by atoms with Gasteiger partial charge in [-0.15, -0.1) is 0 Å². The van der Waals surface area contributed by atoms with Gasteiger partial charge in [0.2, 0.25) is 0 Å². The molecule has 1 fully saturated rings. The maximum atomic E-state index is 13.0. The van der Waals surface area contributed by atoms with Crippen LogP contribution in [0.3, 0.4) is 0 Å². The smallest absolute Gasteiger partial charge is 0.254 e. The van der Waals surface area contributed by atoms with Crippen molar-refractivity contribution in [3.63, 3.8) is 0 Å². The van der Waals surface area contributed by atoms with Gasteiger partial charge < -0.3 is 14.1 Å². The number of hydrogen-bond donors (Lipinski definition) is 0. The largest absolute Gasteiger partial charge is 0.467 e. The van der Waals surface area contributed by atoms with Crippen molar-refractivity contribution in [1.82, 2.24) is 4.90 Å². The van der Waals surface area contributed by atoms with Gasteiger partial charge in [0.15, 0.2) is 0 Å². The van der Waals surface area contributed by atoms with Crippen LogP contribution in [-0.4, -0.2) is 30.1 Å². The fraction of sp³-hybridized carbons (Fsp3) is 0.476. The quantitative estimate of drug-likeness (QED) is 0.809. The van der Waals surface area contributed by atoms with Crippen LogP contribution in [0.25, 0.3) is 0 Å². The van der Waals surface area contributed by atoms with E-state index in [-0.39, 0.29) is 17.4 Å². The molecule has 25 heavy (non-hydrogen) atoms. The van der Waals surface area contributed by atoms with Crippen molar-refractivity contribution < 1.29 is 13.9 Å². The summed E-state index contributed by atoms with van der Waals surface area (Å²) in [5, 5.41) is 0. The molecule has 1 saturated heterocycles. The molecule has 1 unspecified atom stereocenters. The second-order valence-electron chi connectivity index (χ2n) is 7.73. The summed E-state index contributed by atoms with van der Waals surface area (Å²) in [7, 11) is 0. The first kappa shape index (κ1) is 17.7. The predicted octanol–water partition coefficient (Wildman–Crippen LogP) is 4.40. The predicted molar refractivity (Wildman–Crippen MR) is 97.6 cm³/mol. The van der Waals surface area contributed by atoms with Gasteiger partial charge in [0.05, 0.1) is 18.9 Å². The third-order valence-corrected chi connectivity index (χ3v) is 4.66. The standard InChI is InChI=1S/C21H27NO3/c1-21(2,3)17-10-8-16(9-11-17)20(23)22(14-18-6-4-12-24-18)15-19-7-5-13-25-19/h4,6,8-12,19H,5,7,13-15H2,1-3H3. The van der Waals surface area contributed by atoms with E-state index in [9.17, 15) is 4.79 Å². The number of rotatable bonds is 5. The molecule has 1 aliphatic heterocycles. The molecule has 0 N–H and O–H groups in total. The van der Waals surface area contributed by atoms with Crippen LogP contribution < -0.4 is 0 Å². The van der Waals surface area contributed by atoms with Crippen LogP contribution >= 0.6 is 0 Å². The fourth-order valence-electron chi connectivity index (χ4n) is 3.14. The molecule has 0 aliphatic carbocycles. The Morgan fingerprint density at radius 1 is 1.20 bits per heavy atom. The summed E-state index contributed by atoms with van der Waals surface area (Å²) < 4.78 is 11.2. The molecule has 1 aromatic heterocycles. The Kier molecular flexibility index (Phi) is 5.28. The first-order valence-corrected chi connectivity index (χ1v) is 8.97. The summed E-state index contributed by atoms with van der Waals surface area (Å²) in [6.07, 6.45) is 3.83. The van der Waals surface area contributed by atoms with Crippen molar-refractivity contribution in [1.29, 1.82) is 0 Å². The molecular formula is C21H27NO3. The molecule has 1 amide bonds. The zero-order valence-corrected chi connectivity index (χ0v) is 15.3. The average Bonchev–Trinajstić information content (AvgIpc) is 3.27. The SMILES string of the molecule is CC(C)(C)c1ccc(C(=O)N(Cc2ccco2)CC2CCCO2)cc1. The Morgan fingerprint density at radius 2 is 1.96 bits per heavy atom. The second kappa shape index (κ2) is 7.44. The zero-order chi connectivity index (χ0) is 17.9. The number of furan rings is 1. The summed E-state index contributed by atoms with van der Waals surface area (Å²) in [5.74, 6) is 0.810. The Labute approximate surface area is 149 Å². The first-order chi connectivity index (χ1) is 11.9. The summed E-state index contributed by atoms with van der Waals surface area (Å²) in [6, 6.07) is 11.7. The summed E-state index contributed by atoms with van der Waals surface area (Å²) in [4.78, 5) is 14.9. The van der Waals surface area contributed by atoms with E-state index in [0.717, 1.165) is 25.2 Å². The minimum Gasteiger partial charge on any atom is -0.467 e. The van der Waals surface area contributed by atoms with Gasteiger partial charge in [-0.2, -0.15) is 0 Å². The number of hydrogen-bond acceptors (Lipinski definition) is 3. The van der Waals surface area contributed by atoms with Crippen LogP contribution in [0.1, 0.15) is 55.3 Å². The maximum Gasteiger partial charge on any atom is 0.254 e. The highest BCUT2D eigenvalue weighted by Crippen LogP contribution is 2.23. The molecule has 1 aromatic carbocycles. The molecule has 0 saturated carbocycles. The highest BCUT2D eigenvalue weighted by Gasteiger charge is 2.24. The molecule has 0 radical (unpaired) electrons. The number of benzene rings is 1. The minimum atomic E-state index is 0.0207. The molecule has 4 nitrogen and oxygen atoms in total. The van der Waals surface area contributed by atoms with Crippen LogP contribution in [0, 0.1) is 0 Å². The fourth-order valence-corrected chi connectivity index (χ4v) is 3.14. The average molecular weight is 341 g/mol. The van der Waals surface area contributed by atoms with Crippen LogP contribution in [-0.2, 0) is 16.7 Å². The molecule has 0 spiro atoms. The Bertz CT molecular complexity index is 677. The van der Waals surface area contributed by atoms with Gasteiger partial charge in [0.25, 0.3) is 5.91 Å². The van der Waals surface area contributed by atoms with Crippen molar-refractivity contribution in [2.45, 2.75) is 51.7 Å². The highest BCUT2D eigenvalue weighted by atomic mass is 16.5. The van der Waals surface area contributed by atoms with Gasteiger partial charge in [-0.1, -0.05) is 32.9 Å². The van der Waals surface area contributed by atoms with E-state index in [1.807, 2.05) is 41.3 Å². The zero-order valence-electron chi connectivity index (χ0n) is 15.3. The van der Waals surface area contributed by atoms with Crippen molar-refractivity contribution in [2.24, 2.45) is 0 Å². The molecule has 1 aliphatic rings. The van der Waals surface area contributed by atoms with E-state index in [2.05, 4.69) is 20.8 Å². The minimum absolute atomic E-state index is 0.0207. The van der Waals surface area contributed by atoms with Crippen molar-refractivity contribution >= 4 is 5.91 Å². The lowest BCUT2D eigenvalue weighted by Crippen LogP contribution is -2.36. The number of nitrogens with zero attached hydrogens (tertiary/aromatic N) is 1. The maximum absolute atomic E-state index is 13.0. The summed E-state index contributed by atoms with van der Waals surface area (Å²) >= 11 is 0. The first-order valence-electron chi connectivity index (χ1n) is 8.97. The molecule has 4 heteroatoms. The van der Waals surface area contributed by atoms with Crippen LogP contribution in [0.4, 0.5) is 0 Å². The van der Waals surface area contributed by atoms with Crippen LogP contribution in [0.15, 0.2) is 47.1 Å². The second-order valence-corrected chi connectivity index (χ2v) is 7.73. The van der Waals surface area contributed by atoms with Gasteiger partial charge in [-0.3, -0.25) is 4.79 Å². The lowest BCUT2D eigenvalue weighted by molar-refractivity contribution is 0.0491. The van der Waals surface area contributed by atoms with Crippen molar-refractivity contribution in [2.75, 3.05) is 13.2 Å². The van der Waals surface area contributed by atoms with E-state index < -0.39 is 0 Å². The Hall–Kier alpha value is -2.07. The number of carbonyl (C=O) groups excluding carboxylic acids is 1. The van der Waals surface area contributed by atoms with E-state index in [1.54, 1.807) is 6.26 Å². The lowest BCUT2D eigenvalue weighted by Gasteiger charge is -2.25. The van der Waals surface area contributed by atoms with E-state index >= 15 is 0 Å². The van der Waals surface area contributed by atoms with Crippen LogP contribution in [0.5, 0.6) is 0 Å². The van der Waals surface area contributed by atoms with Gasteiger partial charge >= 0.3 is 0 Å². The third-order valence-electron chi connectivity index (χ3n) is 4.66. The van der Waals surface area contributed by atoms with Gasteiger partial charge in [-0.25, -0.2) is 0 Å². The van der Waals surface area contributed by atoms with Gasteiger partial charge in [0, 0.05) is 18.7 Å². The third kappa shape index (κ3) is 4.51. The molecule has 3 rings (SSSR count). The topological polar surface area (TPSA) is 42.7 Å². The number of amides is 1.